The van der Waals surface area contributed by atoms with E-state index in [1.165, 1.54) is 38.5 Å². The Kier molecular flexibility index (Phi) is 3.68. The molecule has 1 aliphatic heterocycles. The van der Waals surface area contributed by atoms with Crippen LogP contribution in [0.4, 0.5) is 5.69 Å². The van der Waals surface area contributed by atoms with Crippen molar-refractivity contribution in [3.05, 3.63) is 29.3 Å². The molecule has 108 valence electrons. The highest BCUT2D eigenvalue weighted by Gasteiger charge is 2.34. The Balaban J connectivity index is 1.98. The van der Waals surface area contributed by atoms with E-state index in [1.807, 2.05) is 13.0 Å². The summed E-state index contributed by atoms with van der Waals surface area (Å²) in [7, 11) is 0. The zero-order valence-corrected chi connectivity index (χ0v) is 12.1. The third-order valence-electron chi connectivity index (χ3n) is 4.94. The lowest BCUT2D eigenvalue weighted by atomic mass is 9.78. The van der Waals surface area contributed by atoms with Gasteiger partial charge in [0.1, 0.15) is 0 Å². The topological polar surface area (TPSA) is 40.5 Å². The summed E-state index contributed by atoms with van der Waals surface area (Å²) < 4.78 is 0. The van der Waals surface area contributed by atoms with Gasteiger partial charge >= 0.3 is 5.97 Å². The van der Waals surface area contributed by atoms with Gasteiger partial charge in [0.15, 0.2) is 0 Å². The largest absolute Gasteiger partial charge is 0.478 e. The van der Waals surface area contributed by atoms with Crippen LogP contribution in [0.3, 0.4) is 0 Å². The molecule has 2 aliphatic rings. The minimum absolute atomic E-state index is 0.460. The highest BCUT2D eigenvalue weighted by Crippen LogP contribution is 2.39. The van der Waals surface area contributed by atoms with Crippen molar-refractivity contribution < 1.29 is 9.90 Å². The molecule has 2 fully saturated rings. The quantitative estimate of drug-likeness (QED) is 0.889. The summed E-state index contributed by atoms with van der Waals surface area (Å²) in [4.78, 5) is 13.9. The van der Waals surface area contributed by atoms with Gasteiger partial charge < -0.3 is 10.0 Å². The maximum Gasteiger partial charge on any atom is 0.337 e. The third kappa shape index (κ3) is 2.41. The van der Waals surface area contributed by atoms with Gasteiger partial charge in [0.05, 0.1) is 11.3 Å². The SMILES string of the molecule is Cc1ccc(C(=O)O)c(N2CCC[C@H]3CCCC[C@H]32)c1. The van der Waals surface area contributed by atoms with Crippen molar-refractivity contribution in [1.29, 1.82) is 0 Å². The van der Waals surface area contributed by atoms with Crippen LogP contribution in [-0.2, 0) is 0 Å². The highest BCUT2D eigenvalue weighted by molar-refractivity contribution is 5.94. The van der Waals surface area contributed by atoms with Crippen LogP contribution in [0.5, 0.6) is 0 Å². The minimum Gasteiger partial charge on any atom is -0.478 e. The van der Waals surface area contributed by atoms with Gasteiger partial charge in [-0.05, 0) is 56.2 Å². The molecule has 0 bridgehead atoms. The van der Waals surface area contributed by atoms with Crippen molar-refractivity contribution in [2.45, 2.75) is 51.5 Å². The number of nitrogens with zero attached hydrogens (tertiary/aromatic N) is 1. The molecule has 0 aromatic heterocycles. The van der Waals surface area contributed by atoms with Crippen LogP contribution in [0.2, 0.25) is 0 Å². The van der Waals surface area contributed by atoms with E-state index < -0.39 is 5.97 Å². The molecule has 3 nitrogen and oxygen atoms in total. The van der Waals surface area contributed by atoms with Crippen LogP contribution in [0.15, 0.2) is 18.2 Å². The average Bonchev–Trinajstić information content (AvgIpc) is 2.46. The predicted octanol–water partition coefficient (Wildman–Crippen LogP) is 3.85. The molecule has 1 heterocycles. The molecule has 1 aromatic carbocycles. The second-order valence-electron chi connectivity index (χ2n) is 6.27. The van der Waals surface area contributed by atoms with Crippen LogP contribution < -0.4 is 4.90 Å². The fourth-order valence-corrected chi connectivity index (χ4v) is 3.98. The first kappa shape index (κ1) is 13.5. The molecule has 1 saturated carbocycles. The summed E-state index contributed by atoms with van der Waals surface area (Å²) in [6.07, 6.45) is 7.66. The van der Waals surface area contributed by atoms with Crippen molar-refractivity contribution in [3.8, 4) is 0 Å². The molecule has 0 amide bonds. The van der Waals surface area contributed by atoms with Gasteiger partial charge in [-0.3, -0.25) is 0 Å². The number of anilines is 1. The van der Waals surface area contributed by atoms with Crippen LogP contribution in [0.25, 0.3) is 0 Å². The van der Waals surface area contributed by atoms with E-state index in [9.17, 15) is 9.90 Å². The summed E-state index contributed by atoms with van der Waals surface area (Å²) in [5.74, 6) is -0.0439. The fraction of sp³-hybridized carbons (Fsp3) is 0.588. The zero-order chi connectivity index (χ0) is 14.1. The zero-order valence-electron chi connectivity index (χ0n) is 12.1. The Hall–Kier alpha value is -1.51. The maximum atomic E-state index is 11.5. The molecule has 3 heteroatoms. The number of fused-ring (bicyclic) bond motifs is 1. The summed E-state index contributed by atoms with van der Waals surface area (Å²) in [5.41, 5.74) is 2.54. The normalized spacial score (nSPS) is 26.1. The number of aryl methyl sites for hydroxylation is 1. The lowest BCUT2D eigenvalue weighted by molar-refractivity contribution is 0.0697. The maximum absolute atomic E-state index is 11.5. The van der Waals surface area contributed by atoms with Gasteiger partial charge in [0, 0.05) is 12.6 Å². The number of aromatic carboxylic acids is 1. The van der Waals surface area contributed by atoms with Crippen molar-refractivity contribution in [1.82, 2.24) is 0 Å². The number of hydrogen-bond donors (Lipinski definition) is 1. The number of benzene rings is 1. The number of piperidine rings is 1. The van der Waals surface area contributed by atoms with Gasteiger partial charge in [0.2, 0.25) is 0 Å². The fourth-order valence-electron chi connectivity index (χ4n) is 3.98. The van der Waals surface area contributed by atoms with Crippen LogP contribution >= 0.6 is 0 Å². The Bertz CT molecular complexity index is 510. The lowest BCUT2D eigenvalue weighted by Gasteiger charge is -2.46. The van der Waals surface area contributed by atoms with E-state index in [0.29, 0.717) is 11.6 Å². The number of carboxylic acids is 1. The molecule has 1 aliphatic carbocycles. The number of carbonyl (C=O) groups is 1. The van der Waals surface area contributed by atoms with Crippen LogP contribution in [0, 0.1) is 12.8 Å². The Morgan fingerprint density at radius 2 is 1.95 bits per heavy atom. The molecule has 0 unspecified atom stereocenters. The third-order valence-corrected chi connectivity index (χ3v) is 4.94. The Morgan fingerprint density at radius 3 is 2.75 bits per heavy atom. The van der Waals surface area contributed by atoms with E-state index >= 15 is 0 Å². The summed E-state index contributed by atoms with van der Waals surface area (Å²) >= 11 is 0. The minimum atomic E-state index is -0.807. The second kappa shape index (κ2) is 5.47. The van der Waals surface area contributed by atoms with E-state index in [1.54, 1.807) is 6.07 Å². The monoisotopic (exact) mass is 273 g/mol. The summed E-state index contributed by atoms with van der Waals surface area (Å²) in [6.45, 7) is 3.04. The van der Waals surface area contributed by atoms with E-state index in [-0.39, 0.29) is 0 Å². The number of hydrogen-bond acceptors (Lipinski definition) is 2. The lowest BCUT2D eigenvalue weighted by Crippen LogP contribution is -2.47. The van der Waals surface area contributed by atoms with E-state index in [2.05, 4.69) is 11.0 Å². The highest BCUT2D eigenvalue weighted by atomic mass is 16.4. The molecular weight excluding hydrogens is 250 g/mol. The summed E-state index contributed by atoms with van der Waals surface area (Å²) in [6, 6.07) is 6.27. The molecule has 2 atom stereocenters. The second-order valence-corrected chi connectivity index (χ2v) is 6.27. The Morgan fingerprint density at radius 1 is 1.20 bits per heavy atom. The number of rotatable bonds is 2. The van der Waals surface area contributed by atoms with Gasteiger partial charge in [-0.1, -0.05) is 18.9 Å². The van der Waals surface area contributed by atoms with E-state index in [4.69, 9.17) is 0 Å². The predicted molar refractivity (Wildman–Crippen MR) is 80.5 cm³/mol. The standard InChI is InChI=1S/C17H23NO2/c1-12-8-9-14(17(19)20)16(11-12)18-10-4-6-13-5-2-3-7-15(13)18/h8-9,11,13,15H,2-7,10H2,1H3,(H,19,20)/t13-,15-/m1/s1. The molecular formula is C17H23NO2. The first-order valence-corrected chi connectivity index (χ1v) is 7.77. The molecule has 1 N–H and O–H groups in total. The molecule has 1 aromatic rings. The summed E-state index contributed by atoms with van der Waals surface area (Å²) in [5, 5.41) is 9.46. The molecule has 0 radical (unpaired) electrons. The van der Waals surface area contributed by atoms with Crippen molar-refractivity contribution in [3.63, 3.8) is 0 Å². The Labute approximate surface area is 120 Å². The smallest absolute Gasteiger partial charge is 0.337 e. The van der Waals surface area contributed by atoms with Gasteiger partial charge in [-0.15, -0.1) is 0 Å². The van der Waals surface area contributed by atoms with Gasteiger partial charge in [-0.2, -0.15) is 0 Å². The van der Waals surface area contributed by atoms with Crippen LogP contribution in [-0.4, -0.2) is 23.7 Å². The van der Waals surface area contributed by atoms with Crippen LogP contribution in [0.1, 0.15) is 54.4 Å². The molecule has 0 spiro atoms. The first-order chi connectivity index (χ1) is 9.66. The van der Waals surface area contributed by atoms with Crippen molar-refractivity contribution >= 4 is 11.7 Å². The van der Waals surface area contributed by atoms with Gasteiger partial charge in [0.25, 0.3) is 0 Å². The average molecular weight is 273 g/mol. The molecule has 3 rings (SSSR count). The van der Waals surface area contributed by atoms with E-state index in [0.717, 1.165) is 23.7 Å². The molecule has 1 saturated heterocycles. The first-order valence-electron chi connectivity index (χ1n) is 7.77. The van der Waals surface area contributed by atoms with Crippen molar-refractivity contribution in [2.75, 3.05) is 11.4 Å². The van der Waals surface area contributed by atoms with Gasteiger partial charge in [-0.25, -0.2) is 4.79 Å². The number of carboxylic acid groups (broad SMARTS) is 1. The van der Waals surface area contributed by atoms with Crippen molar-refractivity contribution in [2.24, 2.45) is 5.92 Å². The molecule has 20 heavy (non-hydrogen) atoms.